The monoisotopic (exact) mass is 284 g/mol. The second-order valence-corrected chi connectivity index (χ2v) is 4.20. The number of aromatic nitrogens is 2. The molecule has 2 rings (SSSR count). The third kappa shape index (κ3) is 3.08. The molecule has 5 nitrogen and oxygen atoms in total. The maximum absolute atomic E-state index is 12.8. The van der Waals surface area contributed by atoms with Gasteiger partial charge in [-0.15, -0.1) is 0 Å². The quantitative estimate of drug-likeness (QED) is 0.792. The summed E-state index contributed by atoms with van der Waals surface area (Å²) in [6, 6.07) is 2.18. The fourth-order valence-electron chi connectivity index (χ4n) is 1.70. The lowest BCUT2D eigenvalue weighted by molar-refractivity contribution is -0.137. The molecule has 0 bridgehead atoms. The van der Waals surface area contributed by atoms with E-state index in [4.69, 9.17) is 5.73 Å². The SMILES string of the molecule is Cc1cnc(-c2cc(NC(N)=O)cc(C(F)(F)F)c2)[nH]1. The highest BCUT2D eigenvalue weighted by Crippen LogP contribution is 2.34. The number of aromatic amines is 1. The lowest BCUT2D eigenvalue weighted by atomic mass is 10.1. The van der Waals surface area contributed by atoms with Gasteiger partial charge in [-0.05, 0) is 25.1 Å². The Bertz CT molecular complexity index is 648. The van der Waals surface area contributed by atoms with Gasteiger partial charge >= 0.3 is 12.2 Å². The van der Waals surface area contributed by atoms with Gasteiger partial charge in [0, 0.05) is 23.1 Å². The number of carbonyl (C=O) groups excluding carboxylic acids is 1. The first-order valence-corrected chi connectivity index (χ1v) is 5.56. The first-order chi connectivity index (χ1) is 9.25. The number of amides is 2. The van der Waals surface area contributed by atoms with E-state index in [2.05, 4.69) is 15.3 Å². The van der Waals surface area contributed by atoms with Crippen LogP contribution in [0.5, 0.6) is 0 Å². The Morgan fingerprint density at radius 2 is 2.05 bits per heavy atom. The Balaban J connectivity index is 2.53. The minimum atomic E-state index is -4.54. The molecule has 2 aromatic rings. The van der Waals surface area contributed by atoms with Crippen LogP contribution in [0, 0.1) is 6.92 Å². The van der Waals surface area contributed by atoms with Crippen molar-refractivity contribution >= 4 is 11.7 Å². The van der Waals surface area contributed by atoms with E-state index in [1.54, 1.807) is 6.92 Å². The number of hydrogen-bond acceptors (Lipinski definition) is 2. The maximum atomic E-state index is 12.8. The average Bonchev–Trinajstić information content (AvgIpc) is 2.73. The zero-order chi connectivity index (χ0) is 14.9. The van der Waals surface area contributed by atoms with E-state index in [1.807, 2.05) is 0 Å². The predicted octanol–water partition coefficient (Wildman–Crippen LogP) is 2.89. The predicted molar refractivity (Wildman–Crippen MR) is 67.0 cm³/mol. The van der Waals surface area contributed by atoms with Crippen LogP contribution in [0.2, 0.25) is 0 Å². The van der Waals surface area contributed by atoms with Crippen LogP contribution < -0.4 is 11.1 Å². The number of benzene rings is 1. The Morgan fingerprint density at radius 1 is 1.35 bits per heavy atom. The van der Waals surface area contributed by atoms with Crippen LogP contribution in [-0.4, -0.2) is 16.0 Å². The molecule has 1 heterocycles. The highest BCUT2D eigenvalue weighted by atomic mass is 19.4. The van der Waals surface area contributed by atoms with E-state index < -0.39 is 17.8 Å². The standard InChI is InChI=1S/C12H11F3N4O/c1-6-5-17-10(18-6)7-2-8(12(13,14)15)4-9(3-7)19-11(16)20/h2-5H,1H3,(H,17,18)(H3,16,19,20). The summed E-state index contributed by atoms with van der Waals surface area (Å²) in [6.45, 7) is 1.73. The topological polar surface area (TPSA) is 83.8 Å². The third-order valence-electron chi connectivity index (χ3n) is 2.50. The number of primary amides is 1. The molecule has 0 aliphatic rings. The van der Waals surface area contributed by atoms with E-state index >= 15 is 0 Å². The molecule has 0 fully saturated rings. The summed E-state index contributed by atoms with van der Waals surface area (Å²) in [5.41, 5.74) is 4.90. The highest BCUT2D eigenvalue weighted by Gasteiger charge is 2.31. The molecular weight excluding hydrogens is 273 g/mol. The molecule has 0 atom stereocenters. The van der Waals surface area contributed by atoms with Crippen molar-refractivity contribution in [2.75, 3.05) is 5.32 Å². The van der Waals surface area contributed by atoms with E-state index in [0.717, 1.165) is 12.1 Å². The molecule has 0 radical (unpaired) electrons. The van der Waals surface area contributed by atoms with Crippen molar-refractivity contribution in [3.8, 4) is 11.4 Å². The molecule has 0 unspecified atom stereocenters. The lowest BCUT2D eigenvalue weighted by Gasteiger charge is -2.11. The van der Waals surface area contributed by atoms with Crippen LogP contribution in [0.15, 0.2) is 24.4 Å². The number of nitrogens with zero attached hydrogens (tertiary/aromatic N) is 1. The van der Waals surface area contributed by atoms with Crippen LogP contribution in [0.1, 0.15) is 11.3 Å². The largest absolute Gasteiger partial charge is 0.416 e. The molecule has 106 valence electrons. The number of H-pyrrole nitrogens is 1. The molecule has 2 amide bonds. The fraction of sp³-hybridized carbons (Fsp3) is 0.167. The summed E-state index contributed by atoms with van der Waals surface area (Å²) >= 11 is 0. The van der Waals surface area contributed by atoms with Crippen LogP contribution >= 0.6 is 0 Å². The number of halogens is 3. The van der Waals surface area contributed by atoms with Gasteiger partial charge in [0.1, 0.15) is 5.82 Å². The number of carbonyl (C=O) groups is 1. The van der Waals surface area contributed by atoms with Crippen molar-refractivity contribution in [2.45, 2.75) is 13.1 Å². The molecule has 0 saturated carbocycles. The average molecular weight is 284 g/mol. The second-order valence-electron chi connectivity index (χ2n) is 4.20. The summed E-state index contributed by atoms with van der Waals surface area (Å²) in [5, 5.41) is 2.13. The number of nitrogens with one attached hydrogen (secondary N) is 2. The van der Waals surface area contributed by atoms with Gasteiger partial charge in [-0.3, -0.25) is 0 Å². The van der Waals surface area contributed by atoms with Crippen molar-refractivity contribution in [3.63, 3.8) is 0 Å². The molecule has 0 aliphatic heterocycles. The van der Waals surface area contributed by atoms with Gasteiger partial charge in [-0.2, -0.15) is 13.2 Å². The number of anilines is 1. The molecule has 8 heteroatoms. The molecular formula is C12H11F3N4O. The summed E-state index contributed by atoms with van der Waals surface area (Å²) < 4.78 is 38.5. The van der Waals surface area contributed by atoms with Gasteiger partial charge in [0.05, 0.1) is 5.56 Å². The third-order valence-corrected chi connectivity index (χ3v) is 2.50. The number of hydrogen-bond donors (Lipinski definition) is 3. The van der Waals surface area contributed by atoms with Gasteiger partial charge < -0.3 is 16.0 Å². The van der Waals surface area contributed by atoms with Crippen molar-refractivity contribution in [2.24, 2.45) is 5.73 Å². The van der Waals surface area contributed by atoms with Crippen molar-refractivity contribution in [3.05, 3.63) is 35.7 Å². The van der Waals surface area contributed by atoms with Crippen LogP contribution in [0.4, 0.5) is 23.7 Å². The first-order valence-electron chi connectivity index (χ1n) is 5.56. The first kappa shape index (κ1) is 13.9. The van der Waals surface area contributed by atoms with Gasteiger partial charge in [0.2, 0.25) is 0 Å². The molecule has 20 heavy (non-hydrogen) atoms. The fourth-order valence-corrected chi connectivity index (χ4v) is 1.70. The summed E-state index contributed by atoms with van der Waals surface area (Å²) in [7, 11) is 0. The molecule has 1 aromatic carbocycles. The van der Waals surface area contributed by atoms with Gasteiger partial charge in [0.15, 0.2) is 0 Å². The van der Waals surface area contributed by atoms with Crippen molar-refractivity contribution < 1.29 is 18.0 Å². The summed E-state index contributed by atoms with van der Waals surface area (Å²) in [6.07, 6.45) is -3.04. The smallest absolute Gasteiger partial charge is 0.351 e. The van der Waals surface area contributed by atoms with Crippen LogP contribution in [0.25, 0.3) is 11.4 Å². The second kappa shape index (κ2) is 4.87. The Hall–Kier alpha value is -2.51. The Morgan fingerprint density at radius 3 is 2.55 bits per heavy atom. The van der Waals surface area contributed by atoms with Gasteiger partial charge in [-0.1, -0.05) is 0 Å². The summed E-state index contributed by atoms with van der Waals surface area (Å²) in [5.74, 6) is 0.279. The number of aryl methyl sites for hydroxylation is 1. The van der Waals surface area contributed by atoms with Crippen LogP contribution in [-0.2, 0) is 6.18 Å². The number of urea groups is 1. The number of alkyl halides is 3. The molecule has 0 aliphatic carbocycles. The highest BCUT2D eigenvalue weighted by molar-refractivity contribution is 5.88. The van der Waals surface area contributed by atoms with Crippen molar-refractivity contribution in [1.82, 2.24) is 9.97 Å². The van der Waals surface area contributed by atoms with Gasteiger partial charge in [-0.25, -0.2) is 9.78 Å². The lowest BCUT2D eigenvalue weighted by Crippen LogP contribution is -2.19. The number of imidazole rings is 1. The Kier molecular flexibility index (Phi) is 3.39. The normalized spacial score (nSPS) is 11.4. The molecule has 0 spiro atoms. The summed E-state index contributed by atoms with van der Waals surface area (Å²) in [4.78, 5) is 17.6. The van der Waals surface area contributed by atoms with Crippen LogP contribution in [0.3, 0.4) is 0 Å². The van der Waals surface area contributed by atoms with E-state index in [-0.39, 0.29) is 17.1 Å². The minimum Gasteiger partial charge on any atom is -0.351 e. The minimum absolute atomic E-state index is 0.0450. The zero-order valence-corrected chi connectivity index (χ0v) is 10.4. The zero-order valence-electron chi connectivity index (χ0n) is 10.4. The number of nitrogens with two attached hydrogens (primary N) is 1. The van der Waals surface area contributed by atoms with E-state index in [1.165, 1.54) is 12.3 Å². The van der Waals surface area contributed by atoms with E-state index in [9.17, 15) is 18.0 Å². The van der Waals surface area contributed by atoms with Gasteiger partial charge in [0.25, 0.3) is 0 Å². The molecule has 4 N–H and O–H groups in total. The Labute approximate surface area is 112 Å². The molecule has 0 saturated heterocycles. The number of rotatable bonds is 2. The molecule has 1 aromatic heterocycles. The van der Waals surface area contributed by atoms with E-state index in [0.29, 0.717) is 5.69 Å². The van der Waals surface area contributed by atoms with Crippen molar-refractivity contribution in [1.29, 1.82) is 0 Å². The maximum Gasteiger partial charge on any atom is 0.416 e.